The minimum atomic E-state index is -0.976. The molecule has 0 bridgehead atoms. The summed E-state index contributed by atoms with van der Waals surface area (Å²) < 4.78 is 49.1. The molecule has 0 spiro atoms. The summed E-state index contributed by atoms with van der Waals surface area (Å²) in [5.41, 5.74) is 1.54. The van der Waals surface area contributed by atoms with Gasteiger partial charge < -0.3 is 15.0 Å². The number of halogens is 3. The number of hydrogen-bond acceptors (Lipinski definition) is 9. The van der Waals surface area contributed by atoms with Crippen LogP contribution >= 0.6 is 0 Å². The number of carbonyl (C=O) groups is 1. The van der Waals surface area contributed by atoms with E-state index in [-0.39, 0.29) is 22.9 Å². The molecule has 1 amide bonds. The minimum Gasteiger partial charge on any atom is -0.467 e. The van der Waals surface area contributed by atoms with Crippen LogP contribution in [0.5, 0.6) is 6.01 Å². The largest absolute Gasteiger partial charge is 0.467 e. The Morgan fingerprint density at radius 3 is 2.68 bits per heavy atom. The van der Waals surface area contributed by atoms with E-state index in [1.54, 1.807) is 30.5 Å². The molecular formula is C40H39F3N8O2. The van der Waals surface area contributed by atoms with Crippen LogP contribution in [0.2, 0.25) is 0 Å². The lowest BCUT2D eigenvalue weighted by Crippen LogP contribution is -2.43. The monoisotopic (exact) mass is 720 g/mol. The van der Waals surface area contributed by atoms with E-state index < -0.39 is 29.8 Å². The maximum Gasteiger partial charge on any atom is 0.318 e. The van der Waals surface area contributed by atoms with Gasteiger partial charge in [-0.1, -0.05) is 36.3 Å². The number of anilines is 1. The fourth-order valence-electron chi connectivity index (χ4n) is 7.52. The highest BCUT2D eigenvalue weighted by Crippen LogP contribution is 2.36. The average Bonchev–Trinajstić information content (AvgIpc) is 3.68. The second-order valence-corrected chi connectivity index (χ2v) is 13.4. The fourth-order valence-corrected chi connectivity index (χ4v) is 7.52. The van der Waals surface area contributed by atoms with Crippen molar-refractivity contribution in [2.75, 3.05) is 38.2 Å². The molecule has 3 aliphatic heterocycles. The van der Waals surface area contributed by atoms with Crippen LogP contribution in [0.25, 0.3) is 39.0 Å². The van der Waals surface area contributed by atoms with Crippen molar-refractivity contribution in [3.63, 3.8) is 0 Å². The SMILES string of the molecule is C#Cc1cccc2cccc(-c3ncc4c(N5CCCCC(NC(=O)/C(F)=C/c6cccnn6)C5)nc(OC)nc4c3F)c12.FC1CC2CCCN2C1. The molecule has 3 fully saturated rings. The summed E-state index contributed by atoms with van der Waals surface area (Å²) in [6, 6.07) is 14.4. The standard InChI is InChI=1S/C33H27F2N7O2.C7H12FN/c1-3-20-9-6-10-21-11-7-14-24(27(20)21)29-28(35)30-25(18-36-29)31(40-33(39-30)44-2)42-16-5-4-12-23(19-42)38-32(43)26(34)17-22-13-8-15-37-41-22;8-6-4-7-2-1-3-9(7)5-6/h1,6-11,13-15,17-18,23H,4-5,12,16,19H2,2H3,(H,38,43);6-7H,1-5H2/b26-17-;. The number of pyridine rings is 1. The van der Waals surface area contributed by atoms with E-state index in [1.807, 2.05) is 29.2 Å². The van der Waals surface area contributed by atoms with Crippen molar-refractivity contribution in [3.8, 4) is 29.6 Å². The highest BCUT2D eigenvalue weighted by Gasteiger charge is 2.34. The molecule has 3 unspecified atom stereocenters. The predicted octanol–water partition coefficient (Wildman–Crippen LogP) is 6.44. The van der Waals surface area contributed by atoms with Crippen LogP contribution in [0.4, 0.5) is 19.0 Å². The molecule has 2 aromatic carbocycles. The molecule has 8 rings (SSSR count). The van der Waals surface area contributed by atoms with Gasteiger partial charge in [-0.25, -0.2) is 13.2 Å². The average molecular weight is 721 g/mol. The summed E-state index contributed by atoms with van der Waals surface area (Å²) >= 11 is 0. The molecule has 1 N–H and O–H groups in total. The maximum atomic E-state index is 16.4. The molecule has 3 aromatic heterocycles. The van der Waals surface area contributed by atoms with Crippen LogP contribution in [-0.2, 0) is 4.79 Å². The van der Waals surface area contributed by atoms with Gasteiger partial charge in [-0.15, -0.1) is 6.42 Å². The van der Waals surface area contributed by atoms with E-state index in [4.69, 9.17) is 11.2 Å². The summed E-state index contributed by atoms with van der Waals surface area (Å²) in [5, 5.41) is 12.2. The number of rotatable bonds is 6. The maximum absolute atomic E-state index is 16.4. The van der Waals surface area contributed by atoms with Gasteiger partial charge in [0, 0.05) is 66.7 Å². The zero-order chi connectivity index (χ0) is 36.9. The number of alkyl halides is 1. The second kappa shape index (κ2) is 16.0. The molecule has 5 aromatic rings. The summed E-state index contributed by atoms with van der Waals surface area (Å²) in [5.74, 6) is 0.620. The predicted molar refractivity (Wildman–Crippen MR) is 198 cm³/mol. The lowest BCUT2D eigenvalue weighted by molar-refractivity contribution is -0.119. The highest BCUT2D eigenvalue weighted by atomic mass is 19.1. The van der Waals surface area contributed by atoms with E-state index in [0.717, 1.165) is 42.7 Å². The number of methoxy groups -OCH3 is 1. The molecule has 3 saturated heterocycles. The molecule has 13 heteroatoms. The van der Waals surface area contributed by atoms with Gasteiger partial charge in [-0.05, 0) is 68.7 Å². The van der Waals surface area contributed by atoms with Crippen LogP contribution in [0, 0.1) is 18.2 Å². The zero-order valence-corrected chi connectivity index (χ0v) is 29.3. The van der Waals surface area contributed by atoms with Gasteiger partial charge in [0.05, 0.1) is 18.2 Å². The number of amides is 1. The Kier molecular flexibility index (Phi) is 10.8. The van der Waals surface area contributed by atoms with E-state index >= 15 is 4.39 Å². The Hall–Kier alpha value is -5.61. The molecule has 3 atom stereocenters. The number of nitrogens with one attached hydrogen (secondary N) is 1. The van der Waals surface area contributed by atoms with Crippen molar-refractivity contribution in [1.29, 1.82) is 0 Å². The Balaban J connectivity index is 0.000000418. The van der Waals surface area contributed by atoms with E-state index in [0.29, 0.717) is 54.4 Å². The molecule has 272 valence electrons. The number of carbonyl (C=O) groups excluding carboxylic acids is 1. The summed E-state index contributed by atoms with van der Waals surface area (Å²) in [6.45, 7) is 2.73. The molecular weight excluding hydrogens is 681 g/mol. The molecule has 6 heterocycles. The molecule has 53 heavy (non-hydrogen) atoms. The third kappa shape index (κ3) is 7.78. The van der Waals surface area contributed by atoms with Crippen LogP contribution < -0.4 is 15.0 Å². The number of terminal acetylenes is 1. The molecule has 3 aliphatic rings. The quantitative estimate of drug-likeness (QED) is 0.157. The van der Waals surface area contributed by atoms with Crippen molar-refractivity contribution < 1.29 is 22.7 Å². The smallest absolute Gasteiger partial charge is 0.318 e. The summed E-state index contributed by atoms with van der Waals surface area (Å²) in [4.78, 5) is 30.4. The van der Waals surface area contributed by atoms with Crippen molar-refractivity contribution >= 4 is 39.5 Å². The lowest BCUT2D eigenvalue weighted by atomic mass is 9.97. The Morgan fingerprint density at radius 2 is 1.91 bits per heavy atom. The van der Waals surface area contributed by atoms with Crippen molar-refractivity contribution in [2.45, 2.75) is 56.8 Å². The summed E-state index contributed by atoms with van der Waals surface area (Å²) in [6.07, 6.45) is 14.8. The number of hydrogen-bond donors (Lipinski definition) is 1. The molecule has 0 saturated carbocycles. The lowest BCUT2D eigenvalue weighted by Gasteiger charge is -2.27. The van der Waals surface area contributed by atoms with Gasteiger partial charge in [-0.2, -0.15) is 20.2 Å². The van der Waals surface area contributed by atoms with Gasteiger partial charge in [-0.3, -0.25) is 14.7 Å². The van der Waals surface area contributed by atoms with Crippen molar-refractivity contribution in [2.24, 2.45) is 0 Å². The number of fused-ring (bicyclic) bond motifs is 3. The fraction of sp³-hybridized carbons (Fsp3) is 0.350. The Morgan fingerprint density at radius 1 is 1.06 bits per heavy atom. The Bertz CT molecular complexity index is 2180. The van der Waals surface area contributed by atoms with Crippen LogP contribution in [0.1, 0.15) is 49.8 Å². The topological polar surface area (TPSA) is 109 Å². The van der Waals surface area contributed by atoms with Crippen LogP contribution in [0.15, 0.2) is 66.8 Å². The second-order valence-electron chi connectivity index (χ2n) is 13.4. The van der Waals surface area contributed by atoms with Crippen molar-refractivity contribution in [1.82, 2.24) is 35.4 Å². The van der Waals surface area contributed by atoms with E-state index in [2.05, 4.69) is 41.3 Å². The third-order valence-electron chi connectivity index (χ3n) is 9.99. The van der Waals surface area contributed by atoms with Crippen LogP contribution in [0.3, 0.4) is 0 Å². The zero-order valence-electron chi connectivity index (χ0n) is 29.3. The first-order chi connectivity index (χ1) is 25.8. The van der Waals surface area contributed by atoms with Crippen molar-refractivity contribution in [3.05, 3.63) is 83.8 Å². The number of aromatic nitrogens is 5. The number of ether oxygens (including phenoxy) is 1. The summed E-state index contributed by atoms with van der Waals surface area (Å²) in [7, 11) is 1.41. The first kappa shape index (κ1) is 35.8. The third-order valence-corrected chi connectivity index (χ3v) is 9.99. The van der Waals surface area contributed by atoms with Gasteiger partial charge in [0.1, 0.15) is 23.2 Å². The normalized spacial score (nSPS) is 20.3. The van der Waals surface area contributed by atoms with Gasteiger partial charge in [0.2, 0.25) is 0 Å². The Labute approximate surface area is 305 Å². The van der Waals surface area contributed by atoms with Gasteiger partial charge in [0.15, 0.2) is 11.6 Å². The highest BCUT2D eigenvalue weighted by molar-refractivity contribution is 6.02. The number of nitrogens with zero attached hydrogens (tertiary/aromatic N) is 7. The van der Waals surface area contributed by atoms with E-state index in [1.165, 1.54) is 26.1 Å². The van der Waals surface area contributed by atoms with E-state index in [9.17, 15) is 13.6 Å². The minimum absolute atomic E-state index is 0.0198. The van der Waals surface area contributed by atoms with Gasteiger partial charge >= 0.3 is 6.01 Å². The number of benzene rings is 2. The van der Waals surface area contributed by atoms with Crippen LogP contribution in [-0.4, -0.2) is 87.5 Å². The first-order valence-corrected chi connectivity index (χ1v) is 17.8. The molecule has 0 aliphatic carbocycles. The molecule has 10 nitrogen and oxygen atoms in total. The molecule has 0 radical (unpaired) electrons. The van der Waals surface area contributed by atoms with Gasteiger partial charge in [0.25, 0.3) is 5.91 Å². The first-order valence-electron chi connectivity index (χ1n) is 17.8.